The maximum atomic E-state index is 11.1. The van der Waals surface area contributed by atoms with Gasteiger partial charge in [0.2, 0.25) is 0 Å². The molecular formula is C15H21O6+. The normalized spacial score (nSPS) is 31.5. The van der Waals surface area contributed by atoms with Crippen LogP contribution in [0, 0.1) is 6.42 Å². The van der Waals surface area contributed by atoms with Gasteiger partial charge in [0.05, 0.1) is 12.8 Å². The first-order valence-electron chi connectivity index (χ1n) is 7.16. The molecule has 0 aromatic carbocycles. The summed E-state index contributed by atoms with van der Waals surface area (Å²) < 4.78 is 21.7. The van der Waals surface area contributed by atoms with Gasteiger partial charge in [-0.2, -0.15) is 0 Å². The Hall–Kier alpha value is -1.53. The summed E-state index contributed by atoms with van der Waals surface area (Å²) in [7, 11) is 0. The molecule has 0 bridgehead atoms. The van der Waals surface area contributed by atoms with Crippen LogP contribution in [0.5, 0.6) is 0 Å². The van der Waals surface area contributed by atoms with Gasteiger partial charge in [-0.15, -0.1) is 0 Å². The summed E-state index contributed by atoms with van der Waals surface area (Å²) in [5.41, 5.74) is 0. The fourth-order valence-corrected chi connectivity index (χ4v) is 2.38. The average molecular weight is 297 g/mol. The molecular weight excluding hydrogens is 276 g/mol. The van der Waals surface area contributed by atoms with Crippen molar-refractivity contribution < 1.29 is 28.5 Å². The van der Waals surface area contributed by atoms with Gasteiger partial charge in [0, 0.05) is 20.3 Å². The average Bonchev–Trinajstić information content (AvgIpc) is 2.91. The molecule has 21 heavy (non-hydrogen) atoms. The Morgan fingerprint density at radius 3 is 2.71 bits per heavy atom. The van der Waals surface area contributed by atoms with Crippen molar-refractivity contribution in [2.45, 2.75) is 57.7 Å². The Labute approximate surface area is 124 Å². The molecule has 1 saturated carbocycles. The Balaban J connectivity index is 1.93. The van der Waals surface area contributed by atoms with Crippen molar-refractivity contribution in [2.24, 2.45) is 0 Å². The molecule has 0 aromatic rings. The van der Waals surface area contributed by atoms with Crippen molar-refractivity contribution >= 4 is 11.9 Å². The third-order valence-electron chi connectivity index (χ3n) is 3.34. The van der Waals surface area contributed by atoms with Gasteiger partial charge in [-0.1, -0.05) is 0 Å². The second-order valence-corrected chi connectivity index (χ2v) is 5.16. The summed E-state index contributed by atoms with van der Waals surface area (Å²) in [6, 6.07) is 0. The molecule has 0 aromatic heterocycles. The molecule has 0 spiro atoms. The minimum absolute atomic E-state index is 0.0221. The molecule has 0 radical (unpaired) electrons. The van der Waals surface area contributed by atoms with Crippen LogP contribution in [0.15, 0.2) is 12.2 Å². The predicted octanol–water partition coefficient (Wildman–Crippen LogP) is 1.54. The van der Waals surface area contributed by atoms with E-state index in [4.69, 9.17) is 18.9 Å². The van der Waals surface area contributed by atoms with Crippen LogP contribution in [-0.2, 0) is 28.5 Å². The first kappa shape index (κ1) is 15.9. The summed E-state index contributed by atoms with van der Waals surface area (Å²) in [6.07, 6.45) is 7.11. The summed E-state index contributed by atoms with van der Waals surface area (Å²) in [6.45, 7) is 2.67. The molecule has 1 aliphatic carbocycles. The molecule has 1 fully saturated rings. The SMILES string of the molecule is CC(=O)OC[C@H]1O[C@H](OC2C[CH+]CC2)C=C[C@@H]1OC(C)=O. The fourth-order valence-electron chi connectivity index (χ4n) is 2.38. The Bertz CT molecular complexity index is 399. The second-order valence-electron chi connectivity index (χ2n) is 5.16. The van der Waals surface area contributed by atoms with Crippen LogP contribution < -0.4 is 0 Å². The van der Waals surface area contributed by atoms with Crippen LogP contribution in [0.2, 0.25) is 0 Å². The molecule has 6 heteroatoms. The number of carbonyl (C=O) groups is 2. The van der Waals surface area contributed by atoms with Gasteiger partial charge in [0.25, 0.3) is 0 Å². The smallest absolute Gasteiger partial charge is 0.303 e. The lowest BCUT2D eigenvalue weighted by Gasteiger charge is -2.32. The van der Waals surface area contributed by atoms with E-state index in [9.17, 15) is 9.59 Å². The zero-order chi connectivity index (χ0) is 15.2. The largest absolute Gasteiger partial charge is 0.463 e. The maximum absolute atomic E-state index is 11.1. The van der Waals surface area contributed by atoms with Crippen molar-refractivity contribution in [3.63, 3.8) is 0 Å². The zero-order valence-electron chi connectivity index (χ0n) is 12.3. The summed E-state index contributed by atoms with van der Waals surface area (Å²) in [5.74, 6) is -0.816. The highest BCUT2D eigenvalue weighted by molar-refractivity contribution is 5.66. The Morgan fingerprint density at radius 1 is 1.29 bits per heavy atom. The van der Waals surface area contributed by atoms with Crippen LogP contribution in [0.4, 0.5) is 0 Å². The van der Waals surface area contributed by atoms with Crippen LogP contribution in [-0.4, -0.2) is 43.1 Å². The van der Waals surface area contributed by atoms with E-state index >= 15 is 0 Å². The van der Waals surface area contributed by atoms with Gasteiger partial charge in [-0.3, -0.25) is 9.59 Å². The molecule has 1 aliphatic heterocycles. The van der Waals surface area contributed by atoms with Crippen molar-refractivity contribution in [3.8, 4) is 0 Å². The lowest BCUT2D eigenvalue weighted by atomic mass is 10.1. The van der Waals surface area contributed by atoms with Crippen LogP contribution >= 0.6 is 0 Å². The first-order valence-corrected chi connectivity index (χ1v) is 7.16. The summed E-state index contributed by atoms with van der Waals surface area (Å²) in [4.78, 5) is 22.0. The summed E-state index contributed by atoms with van der Waals surface area (Å²) in [5, 5.41) is 0. The number of rotatable bonds is 5. The first-order chi connectivity index (χ1) is 10.0. The number of carbonyl (C=O) groups excluding carboxylic acids is 2. The molecule has 2 rings (SSSR count). The maximum Gasteiger partial charge on any atom is 0.303 e. The zero-order valence-corrected chi connectivity index (χ0v) is 12.3. The fraction of sp³-hybridized carbons (Fsp3) is 0.667. The highest BCUT2D eigenvalue weighted by Crippen LogP contribution is 2.25. The van der Waals surface area contributed by atoms with Crippen molar-refractivity contribution in [2.75, 3.05) is 6.61 Å². The van der Waals surface area contributed by atoms with Crippen molar-refractivity contribution in [1.29, 1.82) is 0 Å². The van der Waals surface area contributed by atoms with Crippen molar-refractivity contribution in [3.05, 3.63) is 18.6 Å². The highest BCUT2D eigenvalue weighted by Gasteiger charge is 2.33. The second kappa shape index (κ2) is 7.47. The van der Waals surface area contributed by atoms with Gasteiger partial charge in [-0.05, 0) is 12.2 Å². The van der Waals surface area contributed by atoms with Crippen LogP contribution in [0.3, 0.4) is 0 Å². The van der Waals surface area contributed by atoms with E-state index in [0.29, 0.717) is 0 Å². The molecule has 2 aliphatic rings. The monoisotopic (exact) mass is 297 g/mol. The number of esters is 2. The summed E-state index contributed by atoms with van der Waals surface area (Å²) >= 11 is 0. The number of ether oxygens (including phenoxy) is 4. The molecule has 116 valence electrons. The lowest BCUT2D eigenvalue weighted by molar-refractivity contribution is -0.208. The molecule has 1 heterocycles. The van der Waals surface area contributed by atoms with Gasteiger partial charge >= 0.3 is 11.9 Å². The third-order valence-corrected chi connectivity index (χ3v) is 3.34. The quantitative estimate of drug-likeness (QED) is 0.435. The molecule has 1 unspecified atom stereocenters. The minimum Gasteiger partial charge on any atom is -0.463 e. The van der Waals surface area contributed by atoms with Crippen molar-refractivity contribution in [1.82, 2.24) is 0 Å². The number of hydrogen-bond donors (Lipinski definition) is 0. The molecule has 0 saturated heterocycles. The highest BCUT2D eigenvalue weighted by atomic mass is 16.7. The van der Waals surface area contributed by atoms with Gasteiger partial charge < -0.3 is 18.9 Å². The molecule has 0 amide bonds. The van der Waals surface area contributed by atoms with E-state index < -0.39 is 30.4 Å². The van der Waals surface area contributed by atoms with E-state index in [1.165, 1.54) is 13.8 Å². The van der Waals surface area contributed by atoms with Gasteiger partial charge in [-0.25, -0.2) is 0 Å². The van der Waals surface area contributed by atoms with Crippen LogP contribution in [0.25, 0.3) is 0 Å². The standard InChI is InChI=1S/C15H21O6/c1-10(16)18-9-14-13(19-11(2)17)7-8-15(21-14)20-12-5-3-4-6-12/h3,7-8,12-15H,4-6,9H2,1-2H3/q+1/t12?,13-,14+,15-/m0/s1. The molecule has 4 atom stereocenters. The van der Waals surface area contributed by atoms with Gasteiger partial charge in [0.1, 0.15) is 31.3 Å². The predicted molar refractivity (Wildman–Crippen MR) is 73.0 cm³/mol. The Morgan fingerprint density at radius 2 is 2.10 bits per heavy atom. The molecule has 0 N–H and O–H groups in total. The van der Waals surface area contributed by atoms with E-state index in [1.807, 2.05) is 0 Å². The molecule has 6 nitrogen and oxygen atoms in total. The topological polar surface area (TPSA) is 71.1 Å². The van der Waals surface area contributed by atoms with Crippen LogP contribution in [0.1, 0.15) is 33.1 Å². The third kappa shape index (κ3) is 5.06. The minimum atomic E-state index is -0.572. The van der Waals surface area contributed by atoms with E-state index in [-0.39, 0.29) is 12.7 Å². The van der Waals surface area contributed by atoms with E-state index in [0.717, 1.165) is 19.3 Å². The number of hydrogen-bond acceptors (Lipinski definition) is 6. The Kier molecular flexibility index (Phi) is 5.64. The van der Waals surface area contributed by atoms with Gasteiger partial charge in [0.15, 0.2) is 6.29 Å². The lowest BCUT2D eigenvalue weighted by Crippen LogP contribution is -2.42. The van der Waals surface area contributed by atoms with E-state index in [2.05, 4.69) is 6.42 Å². The van der Waals surface area contributed by atoms with E-state index in [1.54, 1.807) is 12.2 Å².